The predicted molar refractivity (Wildman–Crippen MR) is 179 cm³/mol. The van der Waals surface area contributed by atoms with Gasteiger partial charge in [0.25, 0.3) is 0 Å². The van der Waals surface area contributed by atoms with Gasteiger partial charge in [-0.15, -0.1) is 11.3 Å². The zero-order chi connectivity index (χ0) is 33.8. The van der Waals surface area contributed by atoms with Gasteiger partial charge >= 0.3 is 6.18 Å². The van der Waals surface area contributed by atoms with Crippen LogP contribution in [0.3, 0.4) is 0 Å². The van der Waals surface area contributed by atoms with Gasteiger partial charge in [0.2, 0.25) is 5.91 Å². The van der Waals surface area contributed by atoms with Crippen molar-refractivity contribution in [2.75, 3.05) is 23.7 Å². The number of thiophene rings is 1. The Bertz CT molecular complexity index is 2030. The molecule has 6 rings (SSSR count). The third-order valence-corrected chi connectivity index (χ3v) is 9.80. The van der Waals surface area contributed by atoms with Gasteiger partial charge in [-0.05, 0) is 73.2 Å². The minimum absolute atomic E-state index is 0.152. The van der Waals surface area contributed by atoms with Crippen LogP contribution in [0, 0.1) is 29.6 Å². The summed E-state index contributed by atoms with van der Waals surface area (Å²) in [6, 6.07) is 19.6. The number of rotatable bonds is 10. The molecule has 0 radical (unpaired) electrons. The van der Waals surface area contributed by atoms with Crippen LogP contribution < -0.4 is 10.6 Å². The number of aromatic nitrogens is 3. The Morgan fingerprint density at radius 2 is 1.83 bits per heavy atom. The van der Waals surface area contributed by atoms with Crippen LogP contribution in [0.25, 0.3) is 21.1 Å². The van der Waals surface area contributed by atoms with Crippen molar-refractivity contribution in [1.29, 1.82) is 10.5 Å². The van der Waals surface area contributed by atoms with Gasteiger partial charge in [-0.25, -0.2) is 9.97 Å². The first-order valence-electron chi connectivity index (χ1n) is 15.7. The lowest BCUT2D eigenvalue weighted by molar-refractivity contribution is -0.126. The van der Waals surface area contributed by atoms with E-state index in [9.17, 15) is 23.2 Å². The second-order valence-corrected chi connectivity index (χ2v) is 13.2. The van der Waals surface area contributed by atoms with Crippen LogP contribution in [0.4, 0.5) is 24.7 Å². The number of alkyl halides is 3. The van der Waals surface area contributed by atoms with E-state index in [0.29, 0.717) is 40.4 Å². The number of nitrogens with one attached hydrogen (secondary N) is 2. The molecule has 48 heavy (non-hydrogen) atoms. The number of aryl methyl sites for hydroxylation is 3. The molecule has 1 aliphatic heterocycles. The Morgan fingerprint density at radius 3 is 2.54 bits per heavy atom. The van der Waals surface area contributed by atoms with E-state index < -0.39 is 12.6 Å². The van der Waals surface area contributed by atoms with Crippen molar-refractivity contribution < 1.29 is 18.0 Å². The standard InChI is InChI=1S/C35H33F3N8OS/c1-22-24(20-45-13-10-26(11-14-45)44-33-30-17-28(18-35(36,37)38)48-34(30)42-21-41-33)4-7-31-29(22)16-27(19-40)46(31)15-9-23-2-5-25(6-3-23)43-32(47)8-12-39/h2-7,16-17,21,26H,8-11,13-15,18,20H2,1H3,(H,43,47)(H,41,42,44). The number of nitriles is 2. The summed E-state index contributed by atoms with van der Waals surface area (Å²) in [6.45, 7) is 5.22. The third-order valence-electron chi connectivity index (χ3n) is 8.76. The molecule has 9 nitrogen and oxygen atoms in total. The number of benzene rings is 2. The number of hydrogen-bond acceptors (Lipinski definition) is 8. The molecule has 1 aliphatic rings. The molecule has 13 heteroatoms. The van der Waals surface area contributed by atoms with E-state index in [0.717, 1.165) is 65.8 Å². The number of nitrogens with zero attached hydrogens (tertiary/aromatic N) is 6. The molecule has 0 aliphatic carbocycles. The highest BCUT2D eigenvalue weighted by Gasteiger charge is 2.29. The maximum Gasteiger partial charge on any atom is 0.393 e. The average molecular weight is 671 g/mol. The number of hydrogen-bond donors (Lipinski definition) is 2. The van der Waals surface area contributed by atoms with Gasteiger partial charge in [0.15, 0.2) is 0 Å². The van der Waals surface area contributed by atoms with Gasteiger partial charge in [0.1, 0.15) is 35.2 Å². The number of fused-ring (bicyclic) bond motifs is 2. The van der Waals surface area contributed by atoms with Crippen LogP contribution in [0.2, 0.25) is 0 Å². The Labute approximate surface area is 279 Å². The summed E-state index contributed by atoms with van der Waals surface area (Å²) in [5, 5.41) is 26.5. The monoisotopic (exact) mass is 670 g/mol. The van der Waals surface area contributed by atoms with Gasteiger partial charge in [0, 0.05) is 53.7 Å². The van der Waals surface area contributed by atoms with Crippen molar-refractivity contribution in [2.45, 2.75) is 64.3 Å². The first kappa shape index (κ1) is 32.9. The molecule has 0 unspecified atom stereocenters. The van der Waals surface area contributed by atoms with Crippen LogP contribution in [0.15, 0.2) is 54.9 Å². The molecule has 2 N–H and O–H groups in total. The first-order valence-corrected chi connectivity index (χ1v) is 16.5. The SMILES string of the molecule is Cc1c(CN2CCC(Nc3ncnc4sc(CC(F)(F)F)cc34)CC2)ccc2c1cc(C#N)n2CCc1ccc(NC(=O)CC#N)cc1. The number of carbonyl (C=O) groups excluding carboxylic acids is 1. The molecule has 0 spiro atoms. The van der Waals surface area contributed by atoms with E-state index in [-0.39, 0.29) is 23.2 Å². The van der Waals surface area contributed by atoms with Crippen molar-refractivity contribution in [2.24, 2.45) is 0 Å². The summed E-state index contributed by atoms with van der Waals surface area (Å²) < 4.78 is 40.9. The van der Waals surface area contributed by atoms with E-state index in [4.69, 9.17) is 5.26 Å². The zero-order valence-corrected chi connectivity index (χ0v) is 27.1. The summed E-state index contributed by atoms with van der Waals surface area (Å²) in [5.41, 5.74) is 5.68. The number of amides is 1. The molecule has 0 saturated carbocycles. The highest BCUT2D eigenvalue weighted by atomic mass is 32.1. The van der Waals surface area contributed by atoms with Gasteiger partial charge < -0.3 is 15.2 Å². The Kier molecular flexibility index (Phi) is 9.62. The van der Waals surface area contributed by atoms with E-state index in [1.54, 1.807) is 6.07 Å². The quantitative estimate of drug-likeness (QED) is 0.163. The van der Waals surface area contributed by atoms with Crippen molar-refractivity contribution in [3.63, 3.8) is 0 Å². The smallest absolute Gasteiger partial charge is 0.367 e. The minimum Gasteiger partial charge on any atom is -0.367 e. The summed E-state index contributed by atoms with van der Waals surface area (Å²) in [6.07, 6.45) is -1.58. The summed E-state index contributed by atoms with van der Waals surface area (Å²) in [5.74, 6) is 0.239. The summed E-state index contributed by atoms with van der Waals surface area (Å²) in [4.78, 5) is 23.4. The van der Waals surface area contributed by atoms with Crippen LogP contribution in [0.5, 0.6) is 0 Å². The van der Waals surface area contributed by atoms with Crippen LogP contribution in [-0.4, -0.2) is 50.6 Å². The van der Waals surface area contributed by atoms with Crippen LogP contribution in [-0.2, 0) is 30.7 Å². The highest BCUT2D eigenvalue weighted by Crippen LogP contribution is 2.33. The maximum absolute atomic E-state index is 12.9. The van der Waals surface area contributed by atoms with Gasteiger partial charge in [0.05, 0.1) is 17.9 Å². The Hall–Kier alpha value is -4.98. The van der Waals surface area contributed by atoms with Gasteiger partial charge in [-0.3, -0.25) is 9.69 Å². The molecule has 1 amide bonds. The molecule has 1 saturated heterocycles. The fourth-order valence-electron chi connectivity index (χ4n) is 6.27. The van der Waals surface area contributed by atoms with Crippen LogP contribution in [0.1, 0.15) is 46.5 Å². The number of anilines is 2. The Balaban J connectivity index is 1.07. The van der Waals surface area contributed by atoms with Crippen molar-refractivity contribution >= 4 is 49.9 Å². The van der Waals surface area contributed by atoms with E-state index in [2.05, 4.69) is 55.2 Å². The fourth-order valence-corrected chi connectivity index (χ4v) is 7.30. The van der Waals surface area contributed by atoms with E-state index in [1.807, 2.05) is 36.4 Å². The molecular weight excluding hydrogens is 638 g/mol. The average Bonchev–Trinajstić information content (AvgIpc) is 3.63. The molecule has 246 valence electrons. The first-order chi connectivity index (χ1) is 23.1. The second kappa shape index (κ2) is 14.0. The zero-order valence-electron chi connectivity index (χ0n) is 26.3. The van der Waals surface area contributed by atoms with E-state index >= 15 is 0 Å². The van der Waals surface area contributed by atoms with Crippen LogP contribution >= 0.6 is 11.3 Å². The summed E-state index contributed by atoms with van der Waals surface area (Å²) >= 11 is 1.05. The molecule has 1 fully saturated rings. The van der Waals surface area contributed by atoms with Crippen molar-refractivity contribution in [1.82, 2.24) is 19.4 Å². The lowest BCUT2D eigenvalue weighted by atomic mass is 10.0. The van der Waals surface area contributed by atoms with Gasteiger partial charge in [-0.2, -0.15) is 23.7 Å². The summed E-state index contributed by atoms with van der Waals surface area (Å²) in [7, 11) is 0. The fraction of sp³-hybridized carbons (Fsp3) is 0.343. The molecule has 4 heterocycles. The molecule has 0 bridgehead atoms. The number of halogens is 3. The lowest BCUT2D eigenvalue weighted by Crippen LogP contribution is -2.39. The minimum atomic E-state index is -4.27. The molecular formula is C35H33F3N8OS. The molecule has 2 aromatic carbocycles. The topological polar surface area (TPSA) is 123 Å². The van der Waals surface area contributed by atoms with E-state index in [1.165, 1.54) is 11.9 Å². The maximum atomic E-state index is 12.9. The highest BCUT2D eigenvalue weighted by molar-refractivity contribution is 7.18. The molecule has 3 aromatic heterocycles. The van der Waals surface area contributed by atoms with Crippen molar-refractivity contribution in [3.05, 3.63) is 82.1 Å². The normalized spacial score (nSPS) is 14.2. The molecule has 5 aromatic rings. The molecule has 0 atom stereocenters. The largest absolute Gasteiger partial charge is 0.393 e. The number of likely N-dealkylation sites (tertiary alicyclic amines) is 1. The third kappa shape index (κ3) is 7.59. The second-order valence-electron chi connectivity index (χ2n) is 12.0. The lowest BCUT2D eigenvalue weighted by Gasteiger charge is -2.33. The van der Waals surface area contributed by atoms with Gasteiger partial charge in [-0.1, -0.05) is 18.2 Å². The number of piperidine rings is 1. The van der Waals surface area contributed by atoms with Crippen molar-refractivity contribution in [3.8, 4) is 12.1 Å². The Morgan fingerprint density at radius 1 is 1.06 bits per heavy atom. The number of carbonyl (C=O) groups is 1. The predicted octanol–water partition coefficient (Wildman–Crippen LogP) is 7.10.